The molecule has 4 heteroatoms. The van der Waals surface area contributed by atoms with Gasteiger partial charge in [-0.15, -0.1) is 0 Å². The van der Waals surface area contributed by atoms with Crippen molar-refractivity contribution in [1.82, 2.24) is 10.6 Å². The Hall–Kier alpha value is -0.160. The smallest absolute Gasteiger partial charge is 0.0703 e. The SMILES string of the molecule is [CH2]C(NCC(NCCCCCCC)C(O)CC)C(O)CC. The molecule has 21 heavy (non-hydrogen) atoms. The fourth-order valence-electron chi connectivity index (χ4n) is 2.34. The minimum atomic E-state index is -0.432. The van der Waals surface area contributed by atoms with Gasteiger partial charge in [-0.3, -0.25) is 0 Å². The Morgan fingerprint density at radius 3 is 2.05 bits per heavy atom. The Kier molecular flexibility index (Phi) is 13.4. The third-order valence-electron chi connectivity index (χ3n) is 4.05. The maximum Gasteiger partial charge on any atom is 0.0703 e. The minimum Gasteiger partial charge on any atom is -0.392 e. The van der Waals surface area contributed by atoms with Crippen molar-refractivity contribution in [1.29, 1.82) is 0 Å². The average Bonchev–Trinajstić information content (AvgIpc) is 2.51. The van der Waals surface area contributed by atoms with Crippen molar-refractivity contribution in [3.63, 3.8) is 0 Å². The first-order chi connectivity index (χ1) is 10.1. The first kappa shape index (κ1) is 20.8. The van der Waals surface area contributed by atoms with Gasteiger partial charge in [0, 0.05) is 18.6 Å². The lowest BCUT2D eigenvalue weighted by atomic mass is 10.1. The lowest BCUT2D eigenvalue weighted by molar-refractivity contribution is 0.108. The van der Waals surface area contributed by atoms with Gasteiger partial charge in [-0.1, -0.05) is 46.5 Å². The summed E-state index contributed by atoms with van der Waals surface area (Å²) in [5.74, 6) is 0. The zero-order chi connectivity index (χ0) is 16.1. The molecule has 0 aliphatic carbocycles. The maximum absolute atomic E-state index is 10.1. The van der Waals surface area contributed by atoms with Crippen LogP contribution in [0.5, 0.6) is 0 Å². The molecule has 4 atom stereocenters. The summed E-state index contributed by atoms with van der Waals surface area (Å²) < 4.78 is 0. The van der Waals surface area contributed by atoms with Crippen molar-refractivity contribution in [2.24, 2.45) is 0 Å². The fraction of sp³-hybridized carbons (Fsp3) is 0.941. The topological polar surface area (TPSA) is 64.5 Å². The highest BCUT2D eigenvalue weighted by Crippen LogP contribution is 2.04. The van der Waals surface area contributed by atoms with Crippen molar-refractivity contribution in [3.8, 4) is 0 Å². The Bertz CT molecular complexity index is 227. The van der Waals surface area contributed by atoms with Crippen LogP contribution < -0.4 is 10.6 Å². The zero-order valence-corrected chi connectivity index (χ0v) is 14.3. The Morgan fingerprint density at radius 1 is 0.857 bits per heavy atom. The van der Waals surface area contributed by atoms with Crippen LogP contribution in [0.1, 0.15) is 65.7 Å². The van der Waals surface area contributed by atoms with Crippen LogP contribution in [0.3, 0.4) is 0 Å². The number of aliphatic hydroxyl groups excluding tert-OH is 2. The molecule has 0 saturated carbocycles. The zero-order valence-electron chi connectivity index (χ0n) is 14.3. The van der Waals surface area contributed by atoms with Gasteiger partial charge in [-0.2, -0.15) is 0 Å². The van der Waals surface area contributed by atoms with Gasteiger partial charge in [0.25, 0.3) is 0 Å². The van der Waals surface area contributed by atoms with Gasteiger partial charge in [-0.05, 0) is 32.7 Å². The van der Waals surface area contributed by atoms with Gasteiger partial charge in [0.05, 0.1) is 12.2 Å². The summed E-state index contributed by atoms with van der Waals surface area (Å²) in [4.78, 5) is 0. The molecule has 0 amide bonds. The van der Waals surface area contributed by atoms with Gasteiger partial charge in [-0.25, -0.2) is 0 Å². The number of nitrogens with one attached hydrogen (secondary N) is 2. The van der Waals surface area contributed by atoms with E-state index >= 15 is 0 Å². The Labute approximate surface area is 131 Å². The highest BCUT2D eigenvalue weighted by molar-refractivity contribution is 4.83. The summed E-state index contributed by atoms with van der Waals surface area (Å²) in [6.45, 7) is 11.6. The van der Waals surface area contributed by atoms with Crippen molar-refractivity contribution < 1.29 is 10.2 Å². The van der Waals surface area contributed by atoms with E-state index in [2.05, 4.69) is 24.5 Å². The van der Waals surface area contributed by atoms with Crippen LogP contribution in [0.4, 0.5) is 0 Å². The summed E-state index contributed by atoms with van der Waals surface area (Å²) in [6.07, 6.45) is 6.88. The summed E-state index contributed by atoms with van der Waals surface area (Å²) in [5, 5.41) is 26.5. The molecule has 0 spiro atoms. The molecule has 4 nitrogen and oxygen atoms in total. The van der Waals surface area contributed by atoms with Gasteiger partial charge in [0.2, 0.25) is 0 Å². The normalized spacial score (nSPS) is 17.4. The van der Waals surface area contributed by atoms with E-state index in [0.717, 1.165) is 19.4 Å². The second kappa shape index (κ2) is 13.5. The van der Waals surface area contributed by atoms with Crippen LogP contribution in [0.2, 0.25) is 0 Å². The van der Waals surface area contributed by atoms with Crippen molar-refractivity contribution >= 4 is 0 Å². The largest absolute Gasteiger partial charge is 0.392 e. The van der Waals surface area contributed by atoms with Crippen molar-refractivity contribution in [2.75, 3.05) is 13.1 Å². The predicted molar refractivity (Wildman–Crippen MR) is 90.3 cm³/mol. The van der Waals surface area contributed by atoms with Crippen LogP contribution in [0, 0.1) is 6.92 Å². The Morgan fingerprint density at radius 2 is 1.48 bits per heavy atom. The quantitative estimate of drug-likeness (QED) is 0.372. The third kappa shape index (κ3) is 10.2. The lowest BCUT2D eigenvalue weighted by Crippen LogP contribution is -2.50. The fourth-order valence-corrected chi connectivity index (χ4v) is 2.34. The molecule has 0 heterocycles. The summed E-state index contributed by atoms with van der Waals surface area (Å²) >= 11 is 0. The number of aliphatic hydroxyl groups is 2. The molecule has 0 aliphatic rings. The standard InChI is InChI=1S/C17H37N2O2/c1-5-8-9-10-11-12-18-15(17(21)7-3)13-19-14(4)16(20)6-2/h14-21H,4-13H2,1-3H3. The van der Waals surface area contributed by atoms with E-state index in [1.807, 2.05) is 13.8 Å². The van der Waals surface area contributed by atoms with Crippen LogP contribution >= 0.6 is 0 Å². The van der Waals surface area contributed by atoms with Crippen LogP contribution in [0.15, 0.2) is 0 Å². The van der Waals surface area contributed by atoms with Gasteiger partial charge >= 0.3 is 0 Å². The van der Waals surface area contributed by atoms with Gasteiger partial charge in [0.1, 0.15) is 0 Å². The molecule has 127 valence electrons. The average molecular weight is 301 g/mol. The molecular formula is C17H37N2O2. The van der Waals surface area contributed by atoms with Crippen molar-refractivity contribution in [2.45, 2.75) is 90.0 Å². The molecule has 0 fully saturated rings. The molecule has 0 saturated heterocycles. The van der Waals surface area contributed by atoms with E-state index in [9.17, 15) is 10.2 Å². The lowest BCUT2D eigenvalue weighted by Gasteiger charge is -2.27. The molecule has 0 aromatic carbocycles. The predicted octanol–water partition coefficient (Wildman–Crippen LogP) is 2.25. The molecular weight excluding hydrogens is 264 g/mol. The van der Waals surface area contributed by atoms with Crippen LogP contribution in [0.25, 0.3) is 0 Å². The van der Waals surface area contributed by atoms with Crippen molar-refractivity contribution in [3.05, 3.63) is 6.92 Å². The summed E-state index contributed by atoms with van der Waals surface area (Å²) in [6, 6.07) is -0.164. The molecule has 4 unspecified atom stereocenters. The van der Waals surface area contributed by atoms with E-state index in [-0.39, 0.29) is 18.2 Å². The van der Waals surface area contributed by atoms with E-state index in [1.165, 1.54) is 25.7 Å². The highest BCUT2D eigenvalue weighted by atomic mass is 16.3. The molecule has 0 aromatic heterocycles. The van der Waals surface area contributed by atoms with E-state index in [4.69, 9.17) is 0 Å². The molecule has 0 bridgehead atoms. The van der Waals surface area contributed by atoms with Gasteiger partial charge in [0.15, 0.2) is 0 Å². The summed E-state index contributed by atoms with van der Waals surface area (Å²) in [5.41, 5.74) is 0. The number of hydrogen-bond donors (Lipinski definition) is 4. The molecule has 4 N–H and O–H groups in total. The van der Waals surface area contributed by atoms with E-state index < -0.39 is 6.10 Å². The highest BCUT2D eigenvalue weighted by Gasteiger charge is 2.19. The van der Waals surface area contributed by atoms with E-state index in [1.54, 1.807) is 0 Å². The molecule has 0 rings (SSSR count). The molecule has 0 aliphatic heterocycles. The Balaban J connectivity index is 3.98. The summed E-state index contributed by atoms with van der Waals surface area (Å²) in [7, 11) is 0. The first-order valence-electron chi connectivity index (χ1n) is 8.72. The number of unbranched alkanes of at least 4 members (excludes halogenated alkanes) is 4. The second-order valence-corrected chi connectivity index (χ2v) is 5.94. The third-order valence-corrected chi connectivity index (χ3v) is 4.05. The van der Waals surface area contributed by atoms with Gasteiger partial charge < -0.3 is 20.8 Å². The number of hydrogen-bond acceptors (Lipinski definition) is 4. The molecule has 0 aromatic rings. The monoisotopic (exact) mass is 301 g/mol. The van der Waals surface area contributed by atoms with Crippen LogP contribution in [-0.2, 0) is 0 Å². The minimum absolute atomic E-state index is 0.0227. The van der Waals surface area contributed by atoms with Crippen LogP contribution in [-0.4, -0.2) is 47.6 Å². The van der Waals surface area contributed by atoms with E-state index in [0.29, 0.717) is 13.0 Å². The second-order valence-electron chi connectivity index (χ2n) is 5.94. The number of rotatable bonds is 14. The first-order valence-corrected chi connectivity index (χ1v) is 8.72. The maximum atomic E-state index is 10.1. The molecule has 1 radical (unpaired) electrons.